The standard InChI is InChI=1S/C17H19N3O6S2/c1-20(2)28(24,25)14-7-3-5-12(9-14)16(22)26-11-15(21)19-17(23)18-10-13-6-4-8-27-13/h3-9H,10-11H2,1-2H3,(H2,18,19,21,23). The van der Waals surface area contributed by atoms with Gasteiger partial charge in [-0.1, -0.05) is 12.1 Å². The van der Waals surface area contributed by atoms with E-state index in [-0.39, 0.29) is 17.0 Å². The van der Waals surface area contributed by atoms with E-state index in [2.05, 4.69) is 5.32 Å². The van der Waals surface area contributed by atoms with Crippen LogP contribution in [0.3, 0.4) is 0 Å². The Labute approximate surface area is 166 Å². The average Bonchev–Trinajstić information content (AvgIpc) is 3.18. The summed E-state index contributed by atoms with van der Waals surface area (Å²) in [6.45, 7) is -0.417. The van der Waals surface area contributed by atoms with E-state index in [1.54, 1.807) is 0 Å². The van der Waals surface area contributed by atoms with Gasteiger partial charge >= 0.3 is 12.0 Å². The molecule has 0 atom stereocenters. The van der Waals surface area contributed by atoms with E-state index in [1.165, 1.54) is 43.6 Å². The Morgan fingerprint density at radius 1 is 1.14 bits per heavy atom. The Balaban J connectivity index is 1.86. The fourth-order valence-electron chi connectivity index (χ4n) is 2.00. The summed E-state index contributed by atoms with van der Waals surface area (Å²) >= 11 is 1.46. The first kappa shape index (κ1) is 21.5. The van der Waals surface area contributed by atoms with Gasteiger partial charge in [-0.3, -0.25) is 10.1 Å². The fraction of sp³-hybridized carbons (Fsp3) is 0.235. The summed E-state index contributed by atoms with van der Waals surface area (Å²) in [7, 11) is -0.973. The number of hydrogen-bond acceptors (Lipinski definition) is 7. The van der Waals surface area contributed by atoms with Gasteiger partial charge in [-0.05, 0) is 29.6 Å². The molecule has 0 unspecified atom stereocenters. The van der Waals surface area contributed by atoms with Gasteiger partial charge in [0.05, 0.1) is 17.0 Å². The van der Waals surface area contributed by atoms with E-state index in [0.29, 0.717) is 0 Å². The topological polar surface area (TPSA) is 122 Å². The Kier molecular flexibility index (Phi) is 7.26. The highest BCUT2D eigenvalue weighted by atomic mass is 32.2. The molecule has 0 spiro atoms. The van der Waals surface area contributed by atoms with Crippen LogP contribution in [0.4, 0.5) is 4.79 Å². The lowest BCUT2D eigenvalue weighted by molar-refractivity contribution is -0.123. The molecule has 11 heteroatoms. The van der Waals surface area contributed by atoms with Crippen molar-refractivity contribution in [3.8, 4) is 0 Å². The Morgan fingerprint density at radius 3 is 2.54 bits per heavy atom. The van der Waals surface area contributed by atoms with E-state index in [1.807, 2.05) is 22.8 Å². The maximum absolute atomic E-state index is 12.1. The molecule has 1 aromatic carbocycles. The molecule has 0 aliphatic carbocycles. The summed E-state index contributed by atoms with van der Waals surface area (Å²) in [6, 6.07) is 8.21. The number of hydrogen-bond donors (Lipinski definition) is 2. The van der Waals surface area contributed by atoms with Crippen molar-refractivity contribution in [2.45, 2.75) is 11.4 Å². The number of carbonyl (C=O) groups is 3. The lowest BCUT2D eigenvalue weighted by Crippen LogP contribution is -2.41. The van der Waals surface area contributed by atoms with Gasteiger partial charge < -0.3 is 10.1 Å². The van der Waals surface area contributed by atoms with Gasteiger partial charge in [-0.2, -0.15) is 0 Å². The number of carbonyl (C=O) groups excluding carboxylic acids is 3. The molecule has 0 radical (unpaired) electrons. The second kappa shape index (κ2) is 9.44. The van der Waals surface area contributed by atoms with Gasteiger partial charge in [0.25, 0.3) is 5.91 Å². The summed E-state index contributed by atoms with van der Waals surface area (Å²) in [5.41, 5.74) is -0.0297. The lowest BCUT2D eigenvalue weighted by Gasteiger charge is -2.12. The molecule has 28 heavy (non-hydrogen) atoms. The molecule has 0 fully saturated rings. The summed E-state index contributed by atoms with van der Waals surface area (Å²) in [6.07, 6.45) is 0. The van der Waals surface area contributed by atoms with Crippen molar-refractivity contribution in [2.24, 2.45) is 0 Å². The summed E-state index contributed by atoms with van der Waals surface area (Å²) in [5, 5.41) is 6.39. The van der Waals surface area contributed by atoms with Crippen LogP contribution in [0.2, 0.25) is 0 Å². The number of amides is 3. The number of esters is 1. The number of nitrogens with zero attached hydrogens (tertiary/aromatic N) is 1. The zero-order valence-electron chi connectivity index (χ0n) is 15.2. The molecular weight excluding hydrogens is 406 g/mol. The Morgan fingerprint density at radius 2 is 1.89 bits per heavy atom. The second-order valence-corrected chi connectivity index (χ2v) is 8.89. The molecule has 2 N–H and O–H groups in total. The van der Waals surface area contributed by atoms with Crippen LogP contribution in [0.15, 0.2) is 46.7 Å². The quantitative estimate of drug-likeness (QED) is 0.643. The molecule has 0 bridgehead atoms. The Hall–Kier alpha value is -2.76. The van der Waals surface area contributed by atoms with Gasteiger partial charge in [0, 0.05) is 19.0 Å². The number of nitrogens with one attached hydrogen (secondary N) is 2. The van der Waals surface area contributed by atoms with Gasteiger partial charge in [0.2, 0.25) is 10.0 Å². The second-order valence-electron chi connectivity index (χ2n) is 5.70. The first-order chi connectivity index (χ1) is 13.2. The van der Waals surface area contributed by atoms with Crippen LogP contribution in [-0.4, -0.2) is 51.3 Å². The van der Waals surface area contributed by atoms with E-state index >= 15 is 0 Å². The smallest absolute Gasteiger partial charge is 0.338 e. The number of rotatable bonds is 7. The van der Waals surface area contributed by atoms with E-state index in [9.17, 15) is 22.8 Å². The molecule has 2 rings (SSSR count). The SMILES string of the molecule is CN(C)S(=O)(=O)c1cccc(C(=O)OCC(=O)NC(=O)NCc2cccs2)c1. The van der Waals surface area contributed by atoms with E-state index < -0.39 is 34.5 Å². The summed E-state index contributed by atoms with van der Waals surface area (Å²) in [5.74, 6) is -1.70. The third-order valence-electron chi connectivity index (χ3n) is 3.44. The first-order valence-corrected chi connectivity index (χ1v) is 10.3. The van der Waals surface area contributed by atoms with Crippen LogP contribution in [0.1, 0.15) is 15.2 Å². The lowest BCUT2D eigenvalue weighted by atomic mass is 10.2. The van der Waals surface area contributed by atoms with Crippen LogP contribution in [0.5, 0.6) is 0 Å². The summed E-state index contributed by atoms with van der Waals surface area (Å²) in [4.78, 5) is 36.2. The zero-order valence-corrected chi connectivity index (χ0v) is 16.8. The zero-order chi connectivity index (χ0) is 20.7. The van der Waals surface area contributed by atoms with Crippen molar-refractivity contribution in [3.63, 3.8) is 0 Å². The molecule has 9 nitrogen and oxygen atoms in total. The molecule has 3 amide bonds. The molecule has 0 aliphatic rings. The van der Waals surface area contributed by atoms with Crippen LogP contribution in [-0.2, 0) is 26.1 Å². The highest BCUT2D eigenvalue weighted by Gasteiger charge is 2.19. The van der Waals surface area contributed by atoms with Gasteiger partial charge in [-0.25, -0.2) is 22.3 Å². The molecule has 0 saturated carbocycles. The van der Waals surface area contributed by atoms with Crippen molar-refractivity contribution >= 4 is 39.3 Å². The van der Waals surface area contributed by atoms with Crippen molar-refractivity contribution in [2.75, 3.05) is 20.7 Å². The van der Waals surface area contributed by atoms with Gasteiger partial charge in [-0.15, -0.1) is 11.3 Å². The minimum Gasteiger partial charge on any atom is -0.452 e. The monoisotopic (exact) mass is 425 g/mol. The number of ether oxygens (including phenoxy) is 1. The molecule has 0 aliphatic heterocycles. The van der Waals surface area contributed by atoms with Crippen molar-refractivity contribution in [1.29, 1.82) is 0 Å². The predicted molar refractivity (Wildman–Crippen MR) is 102 cm³/mol. The van der Waals surface area contributed by atoms with Crippen LogP contribution < -0.4 is 10.6 Å². The molecule has 150 valence electrons. The average molecular weight is 425 g/mol. The molecule has 2 aromatic rings. The molecule has 0 saturated heterocycles. The minimum atomic E-state index is -3.71. The number of sulfonamides is 1. The fourth-order valence-corrected chi connectivity index (χ4v) is 3.59. The van der Waals surface area contributed by atoms with Crippen LogP contribution >= 0.6 is 11.3 Å². The normalized spacial score (nSPS) is 11.1. The summed E-state index contributed by atoms with van der Waals surface area (Å²) < 4.78 is 30.1. The maximum atomic E-state index is 12.1. The third-order valence-corrected chi connectivity index (χ3v) is 6.13. The van der Waals surface area contributed by atoms with Gasteiger partial charge in [0.1, 0.15) is 0 Å². The highest BCUT2D eigenvalue weighted by molar-refractivity contribution is 7.89. The van der Waals surface area contributed by atoms with Crippen LogP contribution in [0.25, 0.3) is 0 Å². The van der Waals surface area contributed by atoms with E-state index in [4.69, 9.17) is 4.74 Å². The number of imide groups is 1. The Bertz CT molecular complexity index is 955. The number of thiophene rings is 1. The van der Waals surface area contributed by atoms with Crippen molar-refractivity contribution in [3.05, 3.63) is 52.2 Å². The molecular formula is C17H19N3O6S2. The van der Waals surface area contributed by atoms with Crippen molar-refractivity contribution < 1.29 is 27.5 Å². The number of benzene rings is 1. The maximum Gasteiger partial charge on any atom is 0.338 e. The first-order valence-electron chi connectivity index (χ1n) is 8.00. The molecule has 1 aromatic heterocycles. The molecule has 1 heterocycles. The largest absolute Gasteiger partial charge is 0.452 e. The number of urea groups is 1. The highest BCUT2D eigenvalue weighted by Crippen LogP contribution is 2.15. The third kappa shape index (κ3) is 5.87. The van der Waals surface area contributed by atoms with Crippen molar-refractivity contribution in [1.82, 2.24) is 14.9 Å². The van der Waals surface area contributed by atoms with Crippen LogP contribution in [0, 0.1) is 0 Å². The predicted octanol–water partition coefficient (Wildman–Crippen LogP) is 1.18. The van der Waals surface area contributed by atoms with E-state index in [0.717, 1.165) is 15.2 Å². The minimum absolute atomic E-state index is 0.0297. The van der Waals surface area contributed by atoms with Gasteiger partial charge in [0.15, 0.2) is 6.61 Å².